The number of hydrogen-bond donors (Lipinski definition) is 2. The Morgan fingerprint density at radius 3 is 2.57 bits per heavy atom. The third kappa shape index (κ3) is 2.21. The van der Waals surface area contributed by atoms with Gasteiger partial charge in [0.05, 0.1) is 0 Å². The maximum Gasteiger partial charge on any atom is 0.323 e. The summed E-state index contributed by atoms with van der Waals surface area (Å²) in [5.41, 5.74) is 0. The number of nitrogens with zero attached hydrogens (tertiary/aromatic N) is 1. The predicted octanol–water partition coefficient (Wildman–Crippen LogP) is -0.606. The number of carbonyl (C=O) groups excluding carboxylic acids is 1. The molecule has 0 aliphatic carbocycles. The number of piperidine rings is 1. The fourth-order valence-corrected chi connectivity index (χ4v) is 1.49. The van der Waals surface area contributed by atoms with Crippen molar-refractivity contribution in [3.63, 3.8) is 0 Å². The Bertz CT molecular complexity index is 275. The number of amides is 1. The number of aliphatic carboxylic acids is 2. The Morgan fingerprint density at radius 1 is 1.43 bits per heavy atom. The lowest BCUT2D eigenvalue weighted by Crippen LogP contribution is -2.46. The van der Waals surface area contributed by atoms with Crippen molar-refractivity contribution in [2.75, 3.05) is 13.1 Å². The zero-order valence-electron chi connectivity index (χ0n) is 7.47. The van der Waals surface area contributed by atoms with Gasteiger partial charge in [-0.2, -0.15) is 0 Å². The van der Waals surface area contributed by atoms with Crippen LogP contribution in [0.1, 0.15) is 12.8 Å². The van der Waals surface area contributed by atoms with Crippen molar-refractivity contribution < 1.29 is 24.6 Å². The van der Waals surface area contributed by atoms with Crippen LogP contribution in [0.15, 0.2) is 0 Å². The SMILES string of the molecule is O=C(O)CN1CCCC(C(=O)O)C1=O. The van der Waals surface area contributed by atoms with Gasteiger partial charge >= 0.3 is 11.9 Å². The minimum atomic E-state index is -1.18. The third-order valence-electron chi connectivity index (χ3n) is 2.15. The maximum atomic E-state index is 11.4. The quantitative estimate of drug-likeness (QED) is 0.594. The first kappa shape index (κ1) is 10.5. The second-order valence-electron chi connectivity index (χ2n) is 3.19. The zero-order chi connectivity index (χ0) is 10.7. The van der Waals surface area contributed by atoms with Crippen molar-refractivity contribution in [1.29, 1.82) is 0 Å². The van der Waals surface area contributed by atoms with Gasteiger partial charge in [0, 0.05) is 6.54 Å². The van der Waals surface area contributed by atoms with Gasteiger partial charge < -0.3 is 15.1 Å². The summed E-state index contributed by atoms with van der Waals surface area (Å²) < 4.78 is 0. The molecule has 0 aromatic heterocycles. The summed E-state index contributed by atoms with van der Waals surface area (Å²) in [7, 11) is 0. The molecule has 1 fully saturated rings. The van der Waals surface area contributed by atoms with Crippen LogP contribution < -0.4 is 0 Å². The summed E-state index contributed by atoms with van der Waals surface area (Å²) >= 11 is 0. The van der Waals surface area contributed by atoms with E-state index < -0.39 is 30.3 Å². The van der Waals surface area contributed by atoms with E-state index in [-0.39, 0.29) is 0 Å². The van der Waals surface area contributed by atoms with Crippen molar-refractivity contribution in [3.8, 4) is 0 Å². The summed E-state index contributed by atoms with van der Waals surface area (Å²) in [6, 6.07) is 0. The lowest BCUT2D eigenvalue weighted by atomic mass is 9.97. The van der Waals surface area contributed by atoms with Crippen LogP contribution in [0.3, 0.4) is 0 Å². The minimum Gasteiger partial charge on any atom is -0.481 e. The summed E-state index contributed by atoms with van der Waals surface area (Å²) in [6.45, 7) is -0.0858. The average Bonchev–Trinajstić information content (AvgIpc) is 2.07. The number of rotatable bonds is 3. The predicted molar refractivity (Wildman–Crippen MR) is 44.6 cm³/mol. The zero-order valence-corrected chi connectivity index (χ0v) is 7.47. The highest BCUT2D eigenvalue weighted by Crippen LogP contribution is 2.17. The van der Waals surface area contributed by atoms with Crippen molar-refractivity contribution >= 4 is 17.8 Å². The molecule has 0 radical (unpaired) electrons. The van der Waals surface area contributed by atoms with Crippen LogP contribution in [-0.2, 0) is 14.4 Å². The van der Waals surface area contributed by atoms with Crippen LogP contribution in [0.25, 0.3) is 0 Å². The molecule has 1 unspecified atom stereocenters. The second kappa shape index (κ2) is 4.08. The van der Waals surface area contributed by atoms with Gasteiger partial charge in [0.2, 0.25) is 5.91 Å². The smallest absolute Gasteiger partial charge is 0.323 e. The number of likely N-dealkylation sites (tertiary alicyclic amines) is 1. The highest BCUT2D eigenvalue weighted by molar-refractivity contribution is 5.98. The van der Waals surface area contributed by atoms with Gasteiger partial charge in [0.1, 0.15) is 12.5 Å². The van der Waals surface area contributed by atoms with Gasteiger partial charge in [-0.1, -0.05) is 0 Å². The molecule has 1 atom stereocenters. The first-order valence-corrected chi connectivity index (χ1v) is 4.25. The maximum absolute atomic E-state index is 11.4. The van der Waals surface area contributed by atoms with Crippen LogP contribution in [0.5, 0.6) is 0 Å². The first-order chi connectivity index (χ1) is 6.52. The number of carboxylic acids is 2. The average molecular weight is 201 g/mol. The molecular weight excluding hydrogens is 190 g/mol. The molecule has 0 spiro atoms. The molecule has 0 aromatic rings. The summed E-state index contributed by atoms with van der Waals surface area (Å²) in [4.78, 5) is 33.4. The van der Waals surface area contributed by atoms with E-state index in [0.29, 0.717) is 19.4 Å². The normalized spacial score (nSPS) is 22.1. The molecule has 6 nitrogen and oxygen atoms in total. The monoisotopic (exact) mass is 201 g/mol. The number of carboxylic acid groups (broad SMARTS) is 2. The summed E-state index contributed by atoms with van der Waals surface area (Å²) in [6.07, 6.45) is 0.834. The third-order valence-corrected chi connectivity index (χ3v) is 2.15. The van der Waals surface area contributed by atoms with E-state index in [1.165, 1.54) is 0 Å². The molecule has 1 aliphatic rings. The molecule has 6 heteroatoms. The Kier molecular flexibility index (Phi) is 3.06. The van der Waals surface area contributed by atoms with Gasteiger partial charge in [-0.05, 0) is 12.8 Å². The minimum absolute atomic E-state index is 0.296. The van der Waals surface area contributed by atoms with Crippen molar-refractivity contribution in [2.45, 2.75) is 12.8 Å². The molecule has 0 bridgehead atoms. The van der Waals surface area contributed by atoms with E-state index >= 15 is 0 Å². The second-order valence-corrected chi connectivity index (χ2v) is 3.19. The van der Waals surface area contributed by atoms with Gasteiger partial charge in [-0.3, -0.25) is 14.4 Å². The van der Waals surface area contributed by atoms with E-state index in [2.05, 4.69) is 0 Å². The Morgan fingerprint density at radius 2 is 2.07 bits per heavy atom. The first-order valence-electron chi connectivity index (χ1n) is 4.25. The molecule has 1 amide bonds. The summed E-state index contributed by atoms with van der Waals surface area (Å²) in [5.74, 6) is -3.95. The molecule has 1 heterocycles. The topological polar surface area (TPSA) is 94.9 Å². The van der Waals surface area contributed by atoms with Crippen LogP contribution in [0.2, 0.25) is 0 Å². The van der Waals surface area contributed by atoms with Crippen LogP contribution in [-0.4, -0.2) is 46.0 Å². The lowest BCUT2D eigenvalue weighted by molar-refractivity contribution is -0.157. The van der Waals surface area contributed by atoms with Gasteiger partial charge in [0.25, 0.3) is 0 Å². The largest absolute Gasteiger partial charge is 0.481 e. The van der Waals surface area contributed by atoms with Crippen molar-refractivity contribution in [3.05, 3.63) is 0 Å². The van der Waals surface area contributed by atoms with Crippen LogP contribution >= 0.6 is 0 Å². The standard InChI is InChI=1S/C8H11NO5/c10-6(11)4-9-3-1-2-5(7(9)12)8(13)14/h5H,1-4H2,(H,10,11)(H,13,14). The molecule has 1 rings (SSSR count). The van der Waals surface area contributed by atoms with Gasteiger partial charge in [-0.15, -0.1) is 0 Å². The fraction of sp³-hybridized carbons (Fsp3) is 0.625. The Hall–Kier alpha value is -1.59. The van der Waals surface area contributed by atoms with Gasteiger partial charge in [0.15, 0.2) is 0 Å². The molecule has 78 valence electrons. The Balaban J connectivity index is 2.66. The highest BCUT2D eigenvalue weighted by atomic mass is 16.4. The molecule has 1 saturated heterocycles. The lowest BCUT2D eigenvalue weighted by Gasteiger charge is -2.28. The van der Waals surface area contributed by atoms with E-state index in [4.69, 9.17) is 10.2 Å². The van der Waals surface area contributed by atoms with E-state index in [1.54, 1.807) is 0 Å². The molecule has 1 aliphatic heterocycles. The highest BCUT2D eigenvalue weighted by Gasteiger charge is 2.34. The van der Waals surface area contributed by atoms with Crippen molar-refractivity contribution in [1.82, 2.24) is 4.90 Å². The molecule has 14 heavy (non-hydrogen) atoms. The summed E-state index contributed by atoms with van der Waals surface area (Å²) in [5, 5.41) is 17.1. The van der Waals surface area contributed by atoms with Crippen LogP contribution in [0.4, 0.5) is 0 Å². The van der Waals surface area contributed by atoms with Crippen LogP contribution in [0, 0.1) is 5.92 Å². The molecule has 0 saturated carbocycles. The fourth-order valence-electron chi connectivity index (χ4n) is 1.49. The van der Waals surface area contributed by atoms with E-state index in [0.717, 1.165) is 4.90 Å². The van der Waals surface area contributed by atoms with Gasteiger partial charge in [-0.25, -0.2) is 0 Å². The van der Waals surface area contributed by atoms with E-state index in [1.807, 2.05) is 0 Å². The Labute approximate surface area is 80.1 Å². The number of carbonyl (C=O) groups is 3. The van der Waals surface area contributed by atoms with Crippen molar-refractivity contribution in [2.24, 2.45) is 5.92 Å². The molecular formula is C8H11NO5. The molecule has 2 N–H and O–H groups in total. The molecule has 0 aromatic carbocycles. The number of hydrogen-bond acceptors (Lipinski definition) is 3. The van der Waals surface area contributed by atoms with E-state index in [9.17, 15) is 14.4 Å².